The van der Waals surface area contributed by atoms with Crippen molar-refractivity contribution in [1.29, 1.82) is 0 Å². The molecule has 0 fully saturated rings. The van der Waals surface area contributed by atoms with Crippen molar-refractivity contribution in [2.24, 2.45) is 0 Å². The number of halogens is 1. The van der Waals surface area contributed by atoms with Crippen molar-refractivity contribution in [2.75, 3.05) is 20.1 Å². The first-order valence-electron chi connectivity index (χ1n) is 9.49. The van der Waals surface area contributed by atoms with Gasteiger partial charge in [-0.05, 0) is 63.0 Å². The molecule has 146 valence electrons. The first-order valence-corrected chi connectivity index (χ1v) is 9.49. The molecule has 0 aliphatic heterocycles. The lowest BCUT2D eigenvalue weighted by molar-refractivity contribution is -0.134. The van der Waals surface area contributed by atoms with Gasteiger partial charge in [-0.25, -0.2) is 4.39 Å². The van der Waals surface area contributed by atoms with Crippen LogP contribution >= 0.6 is 0 Å². The van der Waals surface area contributed by atoms with E-state index in [-0.39, 0.29) is 17.7 Å². The van der Waals surface area contributed by atoms with Crippen LogP contribution in [0.5, 0.6) is 5.75 Å². The van der Waals surface area contributed by atoms with Crippen molar-refractivity contribution in [3.05, 3.63) is 30.1 Å². The van der Waals surface area contributed by atoms with Crippen LogP contribution in [0.4, 0.5) is 4.39 Å². The summed E-state index contributed by atoms with van der Waals surface area (Å²) in [5, 5.41) is 6.01. The van der Waals surface area contributed by atoms with Gasteiger partial charge >= 0.3 is 5.97 Å². The Balaban J connectivity index is 1.86. The fourth-order valence-corrected chi connectivity index (χ4v) is 2.52. The summed E-state index contributed by atoms with van der Waals surface area (Å²) in [5.74, 6) is -0.133. The molecule has 1 rings (SSSR count). The molecule has 0 unspecified atom stereocenters. The number of rotatable bonds is 14. The monoisotopic (exact) mass is 366 g/mol. The van der Waals surface area contributed by atoms with Gasteiger partial charge in [-0.15, -0.1) is 0 Å². The molecule has 1 aromatic rings. The minimum atomic E-state index is -0.347. The smallest absolute Gasteiger partial charge is 0.311 e. The Morgan fingerprint density at radius 2 is 1.46 bits per heavy atom. The van der Waals surface area contributed by atoms with E-state index in [1.807, 2.05) is 0 Å². The van der Waals surface area contributed by atoms with E-state index >= 15 is 0 Å². The van der Waals surface area contributed by atoms with Crippen molar-refractivity contribution in [2.45, 2.75) is 57.8 Å². The molecular formula is C20H31FN2O3. The molecule has 0 aromatic heterocycles. The van der Waals surface area contributed by atoms with Gasteiger partial charge in [-0.1, -0.05) is 19.3 Å². The van der Waals surface area contributed by atoms with Crippen LogP contribution in [0.3, 0.4) is 0 Å². The molecule has 26 heavy (non-hydrogen) atoms. The molecule has 0 saturated heterocycles. The van der Waals surface area contributed by atoms with E-state index in [9.17, 15) is 14.0 Å². The van der Waals surface area contributed by atoms with Crippen molar-refractivity contribution in [1.82, 2.24) is 10.6 Å². The topological polar surface area (TPSA) is 67.4 Å². The highest BCUT2D eigenvalue weighted by molar-refractivity contribution is 5.75. The summed E-state index contributed by atoms with van der Waals surface area (Å²) in [7, 11) is 1.67. The van der Waals surface area contributed by atoms with E-state index < -0.39 is 0 Å². The lowest BCUT2D eigenvalue weighted by Gasteiger charge is -2.06. The van der Waals surface area contributed by atoms with Gasteiger partial charge in [0.05, 0.1) is 0 Å². The maximum Gasteiger partial charge on any atom is 0.311 e. The Morgan fingerprint density at radius 1 is 0.885 bits per heavy atom. The molecule has 0 aliphatic rings. The van der Waals surface area contributed by atoms with Gasteiger partial charge in [-0.2, -0.15) is 0 Å². The fraction of sp³-hybridized carbons (Fsp3) is 0.600. The minimum Gasteiger partial charge on any atom is -0.427 e. The standard InChI is InChI=1S/C20H31FN2O3/c1-22-19(24)9-5-3-2-4-7-15-23-16-8-6-10-20(25)26-18-13-11-17(21)12-14-18/h11-14,23H,2-10,15-16H2,1H3,(H,22,24). The van der Waals surface area contributed by atoms with Crippen molar-refractivity contribution >= 4 is 11.9 Å². The van der Waals surface area contributed by atoms with Crippen LogP contribution in [0.25, 0.3) is 0 Å². The number of unbranched alkanes of at least 4 members (excludes halogenated alkanes) is 5. The molecule has 0 atom stereocenters. The molecule has 5 nitrogen and oxygen atoms in total. The number of benzene rings is 1. The van der Waals surface area contributed by atoms with Gasteiger partial charge in [0.2, 0.25) is 5.91 Å². The third kappa shape index (κ3) is 11.6. The van der Waals surface area contributed by atoms with Gasteiger partial charge in [0.1, 0.15) is 11.6 Å². The van der Waals surface area contributed by atoms with Gasteiger partial charge in [-0.3, -0.25) is 9.59 Å². The highest BCUT2D eigenvalue weighted by Gasteiger charge is 2.04. The Hall–Kier alpha value is -1.95. The van der Waals surface area contributed by atoms with Gasteiger partial charge in [0.15, 0.2) is 0 Å². The fourth-order valence-electron chi connectivity index (χ4n) is 2.52. The quantitative estimate of drug-likeness (QED) is 0.300. The predicted octanol–water partition coefficient (Wildman–Crippen LogP) is 3.58. The second-order valence-electron chi connectivity index (χ2n) is 6.33. The number of nitrogens with one attached hydrogen (secondary N) is 2. The van der Waals surface area contributed by atoms with Crippen LogP contribution in [-0.4, -0.2) is 32.0 Å². The molecule has 2 N–H and O–H groups in total. The van der Waals surface area contributed by atoms with Crippen molar-refractivity contribution in [3.63, 3.8) is 0 Å². The van der Waals surface area contributed by atoms with Crippen LogP contribution in [0, 0.1) is 5.82 Å². The largest absolute Gasteiger partial charge is 0.427 e. The van der Waals surface area contributed by atoms with E-state index in [1.54, 1.807) is 7.05 Å². The number of amides is 1. The van der Waals surface area contributed by atoms with E-state index in [2.05, 4.69) is 10.6 Å². The highest BCUT2D eigenvalue weighted by Crippen LogP contribution is 2.12. The Bertz CT molecular complexity index is 520. The second kappa shape index (κ2) is 14.2. The first-order chi connectivity index (χ1) is 12.6. The van der Waals surface area contributed by atoms with Gasteiger partial charge in [0, 0.05) is 19.9 Å². The average molecular weight is 366 g/mol. The maximum atomic E-state index is 12.8. The lowest BCUT2D eigenvalue weighted by Crippen LogP contribution is -2.17. The van der Waals surface area contributed by atoms with Crippen molar-refractivity contribution < 1.29 is 18.7 Å². The normalized spacial score (nSPS) is 10.5. The Morgan fingerprint density at radius 3 is 2.15 bits per heavy atom. The number of esters is 1. The molecule has 1 aromatic carbocycles. The third-order valence-corrected chi connectivity index (χ3v) is 4.07. The first kappa shape index (κ1) is 22.1. The molecular weight excluding hydrogens is 335 g/mol. The number of hydrogen-bond donors (Lipinski definition) is 2. The van der Waals surface area contributed by atoms with Crippen LogP contribution in [-0.2, 0) is 9.59 Å². The Kier molecular flexibility index (Phi) is 12.1. The molecule has 0 aliphatic carbocycles. The van der Waals surface area contributed by atoms with E-state index in [0.717, 1.165) is 51.6 Å². The summed E-state index contributed by atoms with van der Waals surface area (Å²) in [6.07, 6.45) is 8.20. The number of hydrogen-bond acceptors (Lipinski definition) is 4. The van der Waals surface area contributed by atoms with Crippen LogP contribution in [0.15, 0.2) is 24.3 Å². The zero-order valence-electron chi connectivity index (χ0n) is 15.7. The summed E-state index contributed by atoms with van der Waals surface area (Å²) < 4.78 is 17.9. The van der Waals surface area contributed by atoms with Crippen LogP contribution in [0.1, 0.15) is 57.8 Å². The van der Waals surface area contributed by atoms with Crippen LogP contribution < -0.4 is 15.4 Å². The second-order valence-corrected chi connectivity index (χ2v) is 6.33. The summed E-state index contributed by atoms with van der Waals surface area (Å²) >= 11 is 0. The van der Waals surface area contributed by atoms with E-state index in [1.165, 1.54) is 30.7 Å². The summed E-state index contributed by atoms with van der Waals surface area (Å²) in [4.78, 5) is 22.7. The van der Waals surface area contributed by atoms with E-state index in [0.29, 0.717) is 18.6 Å². The zero-order valence-corrected chi connectivity index (χ0v) is 15.7. The van der Waals surface area contributed by atoms with Gasteiger partial charge < -0.3 is 15.4 Å². The molecule has 0 radical (unpaired) electrons. The number of carbonyl (C=O) groups excluding carboxylic acids is 2. The number of ether oxygens (including phenoxy) is 1. The molecule has 0 bridgehead atoms. The average Bonchev–Trinajstić information content (AvgIpc) is 2.64. The minimum absolute atomic E-state index is 0.119. The number of carbonyl (C=O) groups is 2. The highest BCUT2D eigenvalue weighted by atomic mass is 19.1. The molecule has 6 heteroatoms. The molecule has 0 heterocycles. The summed E-state index contributed by atoms with van der Waals surface area (Å²) in [6, 6.07) is 5.45. The van der Waals surface area contributed by atoms with E-state index in [4.69, 9.17) is 4.74 Å². The Labute approximate surface area is 155 Å². The third-order valence-electron chi connectivity index (χ3n) is 4.07. The summed E-state index contributed by atoms with van der Waals surface area (Å²) in [6.45, 7) is 1.87. The summed E-state index contributed by atoms with van der Waals surface area (Å²) in [5.41, 5.74) is 0. The maximum absolute atomic E-state index is 12.8. The zero-order chi connectivity index (χ0) is 19.0. The molecule has 1 amide bonds. The van der Waals surface area contributed by atoms with Crippen molar-refractivity contribution in [3.8, 4) is 5.75 Å². The lowest BCUT2D eigenvalue weighted by atomic mass is 10.1. The predicted molar refractivity (Wildman–Crippen MR) is 101 cm³/mol. The van der Waals surface area contributed by atoms with Gasteiger partial charge in [0.25, 0.3) is 0 Å². The van der Waals surface area contributed by atoms with Crippen LogP contribution in [0.2, 0.25) is 0 Å². The molecule has 0 spiro atoms. The molecule has 0 saturated carbocycles. The SMILES string of the molecule is CNC(=O)CCCCCCCNCCCCC(=O)Oc1ccc(F)cc1.